The number of rotatable bonds is 2. The van der Waals surface area contributed by atoms with E-state index < -0.39 is 11.8 Å². The number of nitrogens with one attached hydrogen (secondary N) is 1. The van der Waals surface area contributed by atoms with Gasteiger partial charge in [-0.1, -0.05) is 12.1 Å². The second-order valence-corrected chi connectivity index (χ2v) is 4.20. The normalized spacial score (nSPS) is 16.6. The molecule has 98 valence electrons. The molecule has 0 fully saturated rings. The van der Waals surface area contributed by atoms with Crippen molar-refractivity contribution in [3.63, 3.8) is 0 Å². The lowest BCUT2D eigenvalue weighted by Crippen LogP contribution is -2.33. The molecule has 1 aromatic heterocycles. The minimum atomic E-state index is -0.950. The van der Waals surface area contributed by atoms with Crippen molar-refractivity contribution in [1.29, 1.82) is 0 Å². The number of carbonyl (C=O) groups excluding carboxylic acids is 2. The number of hydrogen-bond donors (Lipinski definition) is 1. The molecule has 0 radical (unpaired) electrons. The smallest absolute Gasteiger partial charge is 0.243 e. The molecule has 0 bridgehead atoms. The maximum absolute atomic E-state index is 12.3. The highest BCUT2D eigenvalue weighted by Crippen LogP contribution is 2.26. The van der Waals surface area contributed by atoms with Crippen molar-refractivity contribution in [3.05, 3.63) is 48.3 Å². The number of benzene rings is 1. The number of para-hydroxylation sites is 1. The van der Waals surface area contributed by atoms with Gasteiger partial charge in [0.05, 0.1) is 5.69 Å². The summed E-state index contributed by atoms with van der Waals surface area (Å²) < 4.78 is 0. The van der Waals surface area contributed by atoms with Crippen LogP contribution in [0.25, 0.3) is 0 Å². The Kier molecular flexibility index (Phi) is 3.04. The molecule has 2 aromatic rings. The van der Waals surface area contributed by atoms with Crippen molar-refractivity contribution in [2.75, 3.05) is 5.32 Å². The first-order valence-electron chi connectivity index (χ1n) is 6.01. The molecule has 0 saturated carbocycles. The van der Waals surface area contributed by atoms with Crippen molar-refractivity contribution < 1.29 is 9.59 Å². The van der Waals surface area contributed by atoms with Gasteiger partial charge in [-0.25, -0.2) is 9.97 Å². The van der Waals surface area contributed by atoms with E-state index >= 15 is 0 Å². The lowest BCUT2D eigenvalue weighted by Gasteiger charge is -2.16. The van der Waals surface area contributed by atoms with E-state index in [-0.39, 0.29) is 11.7 Å². The number of aromatic nitrogens is 2. The van der Waals surface area contributed by atoms with E-state index in [1.165, 1.54) is 18.6 Å². The number of amides is 1. The number of aliphatic imine (C=N–C) groups is 1. The van der Waals surface area contributed by atoms with Crippen molar-refractivity contribution in [2.24, 2.45) is 10.9 Å². The van der Waals surface area contributed by atoms with E-state index in [9.17, 15) is 9.59 Å². The van der Waals surface area contributed by atoms with Crippen molar-refractivity contribution >= 4 is 29.5 Å². The highest BCUT2D eigenvalue weighted by molar-refractivity contribution is 6.25. The Balaban J connectivity index is 1.83. The zero-order chi connectivity index (χ0) is 13.9. The number of ketones is 1. The van der Waals surface area contributed by atoms with Crippen LogP contribution in [0.1, 0.15) is 10.4 Å². The largest absolute Gasteiger partial charge is 0.294 e. The lowest BCUT2D eigenvalue weighted by atomic mass is 9.94. The SMILES string of the molecule is O=C(Nc1ncccn1)C1C=Nc2ccccc2C1=O. The minimum absolute atomic E-state index is 0.164. The number of hydrogen-bond acceptors (Lipinski definition) is 5. The summed E-state index contributed by atoms with van der Waals surface area (Å²) in [5.74, 6) is -1.55. The summed E-state index contributed by atoms with van der Waals surface area (Å²) in [6.07, 6.45) is 4.37. The van der Waals surface area contributed by atoms with Crippen molar-refractivity contribution in [3.8, 4) is 0 Å². The van der Waals surface area contributed by atoms with Gasteiger partial charge < -0.3 is 0 Å². The maximum atomic E-state index is 12.3. The van der Waals surface area contributed by atoms with Crippen LogP contribution in [-0.4, -0.2) is 27.9 Å². The van der Waals surface area contributed by atoms with E-state index in [2.05, 4.69) is 20.3 Å². The van der Waals surface area contributed by atoms with Gasteiger partial charge in [0.1, 0.15) is 5.92 Å². The summed E-state index contributed by atoms with van der Waals surface area (Å²) in [6, 6.07) is 8.57. The van der Waals surface area contributed by atoms with Crippen molar-refractivity contribution in [2.45, 2.75) is 0 Å². The summed E-state index contributed by atoms with van der Waals surface area (Å²) in [6.45, 7) is 0. The molecule has 1 atom stereocenters. The number of anilines is 1. The fourth-order valence-electron chi connectivity index (χ4n) is 1.92. The van der Waals surface area contributed by atoms with E-state index in [4.69, 9.17) is 0 Å². The molecule has 1 unspecified atom stereocenters. The molecule has 3 rings (SSSR count). The Bertz CT molecular complexity index is 697. The summed E-state index contributed by atoms with van der Waals surface area (Å²) in [4.78, 5) is 36.2. The molecule has 1 N–H and O–H groups in total. The van der Waals surface area contributed by atoms with Gasteiger partial charge in [0.2, 0.25) is 11.9 Å². The highest BCUT2D eigenvalue weighted by Gasteiger charge is 2.30. The van der Waals surface area contributed by atoms with Gasteiger partial charge in [-0.15, -0.1) is 0 Å². The van der Waals surface area contributed by atoms with Gasteiger partial charge in [0, 0.05) is 24.2 Å². The van der Waals surface area contributed by atoms with Crippen LogP contribution in [-0.2, 0) is 4.79 Å². The van der Waals surface area contributed by atoms with Gasteiger partial charge in [-0.2, -0.15) is 0 Å². The molecule has 0 spiro atoms. The van der Waals surface area contributed by atoms with Crippen LogP contribution in [0.3, 0.4) is 0 Å². The molecule has 1 aliphatic heterocycles. The van der Waals surface area contributed by atoms with Gasteiger partial charge in [0.25, 0.3) is 0 Å². The second kappa shape index (κ2) is 5.00. The Labute approximate surface area is 114 Å². The van der Waals surface area contributed by atoms with Crippen LogP contribution in [0, 0.1) is 5.92 Å². The fourth-order valence-corrected chi connectivity index (χ4v) is 1.92. The van der Waals surface area contributed by atoms with Crippen molar-refractivity contribution in [1.82, 2.24) is 9.97 Å². The molecule has 2 heterocycles. The molecule has 0 saturated heterocycles. The summed E-state index contributed by atoms with van der Waals surface area (Å²) >= 11 is 0. The molecule has 6 heteroatoms. The van der Waals surface area contributed by atoms with Crippen LogP contribution in [0.15, 0.2) is 47.7 Å². The van der Waals surface area contributed by atoms with E-state index in [0.29, 0.717) is 11.3 Å². The molecule has 20 heavy (non-hydrogen) atoms. The Morgan fingerprint density at radius 2 is 1.85 bits per heavy atom. The van der Waals surface area contributed by atoms with Gasteiger partial charge in [0.15, 0.2) is 5.78 Å². The predicted molar refractivity (Wildman–Crippen MR) is 73.1 cm³/mol. The Morgan fingerprint density at radius 1 is 1.10 bits per heavy atom. The number of Topliss-reactive ketones (excluding diaryl/α,β-unsaturated/α-hetero) is 1. The molecule has 6 nitrogen and oxygen atoms in total. The summed E-state index contributed by atoms with van der Waals surface area (Å²) in [7, 11) is 0. The Hall–Kier alpha value is -2.89. The minimum Gasteiger partial charge on any atom is -0.294 e. The van der Waals surface area contributed by atoms with Gasteiger partial charge in [-0.3, -0.25) is 19.9 Å². The highest BCUT2D eigenvalue weighted by atomic mass is 16.2. The molecule has 1 aliphatic rings. The number of fused-ring (bicyclic) bond motifs is 1. The summed E-state index contributed by atoms with van der Waals surface area (Å²) in [5, 5.41) is 2.50. The maximum Gasteiger partial charge on any atom is 0.243 e. The van der Waals surface area contributed by atoms with Gasteiger partial charge >= 0.3 is 0 Å². The second-order valence-electron chi connectivity index (χ2n) is 4.20. The molecule has 0 aliphatic carbocycles. The van der Waals surface area contributed by atoms with Crippen LogP contribution in [0.2, 0.25) is 0 Å². The summed E-state index contributed by atoms with van der Waals surface area (Å²) in [5.41, 5.74) is 1.03. The van der Waals surface area contributed by atoms with Gasteiger partial charge in [-0.05, 0) is 18.2 Å². The third-order valence-corrected chi connectivity index (χ3v) is 2.90. The monoisotopic (exact) mass is 266 g/mol. The average Bonchev–Trinajstić information content (AvgIpc) is 2.49. The van der Waals surface area contributed by atoms with Crippen LogP contribution in [0.5, 0.6) is 0 Å². The first-order valence-corrected chi connectivity index (χ1v) is 6.01. The molecular weight excluding hydrogens is 256 g/mol. The molecule has 1 amide bonds. The third kappa shape index (κ3) is 2.18. The topological polar surface area (TPSA) is 84.3 Å². The lowest BCUT2D eigenvalue weighted by molar-refractivity contribution is -0.116. The third-order valence-electron chi connectivity index (χ3n) is 2.90. The fraction of sp³-hybridized carbons (Fsp3) is 0.0714. The van der Waals surface area contributed by atoms with Crippen LogP contribution >= 0.6 is 0 Å². The van der Waals surface area contributed by atoms with E-state index in [1.54, 1.807) is 30.3 Å². The van der Waals surface area contributed by atoms with E-state index in [1.807, 2.05) is 0 Å². The average molecular weight is 266 g/mol. The quantitative estimate of drug-likeness (QED) is 0.837. The van der Waals surface area contributed by atoms with Crippen LogP contribution < -0.4 is 5.32 Å². The first-order chi connectivity index (χ1) is 9.75. The molecular formula is C14H10N4O2. The van der Waals surface area contributed by atoms with E-state index in [0.717, 1.165) is 0 Å². The first kappa shape index (κ1) is 12.2. The number of nitrogens with zero attached hydrogens (tertiary/aromatic N) is 3. The standard InChI is InChI=1S/C14H10N4O2/c19-12-9-4-1-2-5-11(9)17-8-10(12)13(20)18-14-15-6-3-7-16-14/h1-8,10H,(H,15,16,18,20). The zero-order valence-corrected chi connectivity index (χ0v) is 10.4. The molecule has 1 aromatic carbocycles. The van der Waals surface area contributed by atoms with Crippen LogP contribution in [0.4, 0.5) is 11.6 Å². The Morgan fingerprint density at radius 3 is 2.65 bits per heavy atom. The predicted octanol–water partition coefficient (Wildman–Crippen LogP) is 1.63. The zero-order valence-electron chi connectivity index (χ0n) is 10.4. The number of carbonyl (C=O) groups is 2.